The first-order chi connectivity index (χ1) is 9.52. The minimum absolute atomic E-state index is 0.126. The summed E-state index contributed by atoms with van der Waals surface area (Å²) in [5.74, 6) is 0.641. The van der Waals surface area contributed by atoms with Crippen molar-refractivity contribution >= 4 is 16.8 Å². The van der Waals surface area contributed by atoms with Crippen molar-refractivity contribution in [1.82, 2.24) is 9.78 Å². The third-order valence-electron chi connectivity index (χ3n) is 2.85. The zero-order valence-electron chi connectivity index (χ0n) is 11.1. The van der Waals surface area contributed by atoms with Crippen molar-refractivity contribution < 1.29 is 9.53 Å². The second-order valence-corrected chi connectivity index (χ2v) is 4.64. The molecule has 2 aromatic rings. The van der Waals surface area contributed by atoms with Crippen LogP contribution < -0.4 is 10.3 Å². The van der Waals surface area contributed by atoms with Crippen LogP contribution in [0.1, 0.15) is 5.56 Å². The fourth-order valence-corrected chi connectivity index (χ4v) is 2.08. The summed E-state index contributed by atoms with van der Waals surface area (Å²) in [6, 6.07) is 8.89. The molecule has 0 bridgehead atoms. The highest BCUT2D eigenvalue weighted by Crippen LogP contribution is 2.27. The minimum Gasteiger partial charge on any atom is -0.496 e. The van der Waals surface area contributed by atoms with E-state index in [2.05, 4.69) is 5.10 Å². The normalized spacial score (nSPS) is 10.3. The van der Waals surface area contributed by atoms with E-state index in [0.717, 1.165) is 5.56 Å². The van der Waals surface area contributed by atoms with Crippen LogP contribution >= 0.6 is 11.6 Å². The molecule has 1 aromatic heterocycles. The summed E-state index contributed by atoms with van der Waals surface area (Å²) >= 11 is 5.36. The van der Waals surface area contributed by atoms with E-state index in [4.69, 9.17) is 16.3 Å². The number of nitrogens with zero attached hydrogens (tertiary/aromatic N) is 2. The molecule has 0 aliphatic carbocycles. The van der Waals surface area contributed by atoms with Crippen molar-refractivity contribution in [3.8, 4) is 17.0 Å². The molecule has 0 spiro atoms. The molecule has 1 aromatic carbocycles. The van der Waals surface area contributed by atoms with Gasteiger partial charge in [0.2, 0.25) is 5.24 Å². The van der Waals surface area contributed by atoms with Crippen molar-refractivity contribution in [3.05, 3.63) is 46.2 Å². The third kappa shape index (κ3) is 2.88. The molecule has 1 heterocycles. The topological polar surface area (TPSA) is 61.2 Å². The van der Waals surface area contributed by atoms with Crippen molar-refractivity contribution in [2.75, 3.05) is 7.11 Å². The fourth-order valence-electron chi connectivity index (χ4n) is 1.93. The Balaban J connectivity index is 2.60. The van der Waals surface area contributed by atoms with Gasteiger partial charge in [0.15, 0.2) is 0 Å². The number of hydrogen-bond donors (Lipinski definition) is 0. The van der Waals surface area contributed by atoms with Crippen LogP contribution in [0.15, 0.2) is 35.1 Å². The van der Waals surface area contributed by atoms with E-state index in [-0.39, 0.29) is 12.0 Å². The van der Waals surface area contributed by atoms with Crippen LogP contribution in [0.4, 0.5) is 0 Å². The predicted octanol–water partition coefficient (Wildman–Crippen LogP) is 1.76. The van der Waals surface area contributed by atoms with E-state index in [1.807, 2.05) is 18.2 Å². The summed E-state index contributed by atoms with van der Waals surface area (Å²) in [5, 5.41) is 3.61. The van der Waals surface area contributed by atoms with Crippen LogP contribution in [0.3, 0.4) is 0 Å². The Morgan fingerprint density at radius 1 is 1.40 bits per heavy atom. The minimum atomic E-state index is -0.584. The molecule has 0 aliphatic rings. The molecule has 0 unspecified atom stereocenters. The average Bonchev–Trinajstić information content (AvgIpc) is 2.43. The number of halogens is 1. The number of para-hydroxylation sites is 1. The van der Waals surface area contributed by atoms with Crippen LogP contribution in [0.5, 0.6) is 5.75 Å². The molecule has 6 heteroatoms. The van der Waals surface area contributed by atoms with Crippen LogP contribution in [-0.2, 0) is 18.3 Å². The number of ether oxygens (including phenoxy) is 1. The molecule has 0 amide bonds. The zero-order valence-corrected chi connectivity index (χ0v) is 11.8. The molecule has 104 valence electrons. The lowest BCUT2D eigenvalue weighted by molar-refractivity contribution is -0.111. The zero-order chi connectivity index (χ0) is 14.7. The highest BCUT2D eigenvalue weighted by Gasteiger charge is 2.13. The first-order valence-electron chi connectivity index (χ1n) is 5.92. The van der Waals surface area contributed by atoms with Crippen LogP contribution in [0.2, 0.25) is 0 Å². The number of aryl methyl sites for hydroxylation is 1. The Bertz CT molecular complexity index is 710. The van der Waals surface area contributed by atoms with Gasteiger partial charge in [0, 0.05) is 18.2 Å². The first kappa shape index (κ1) is 14.3. The molecule has 0 aliphatic heterocycles. The van der Waals surface area contributed by atoms with Crippen LogP contribution in [0, 0.1) is 0 Å². The lowest BCUT2D eigenvalue weighted by Gasteiger charge is -2.10. The van der Waals surface area contributed by atoms with Gasteiger partial charge in [0.1, 0.15) is 5.75 Å². The van der Waals surface area contributed by atoms with Gasteiger partial charge in [0.05, 0.1) is 19.2 Å². The smallest absolute Gasteiger partial charge is 0.270 e. The maximum atomic E-state index is 11.9. The first-order valence-corrected chi connectivity index (χ1v) is 6.29. The Labute approximate surface area is 120 Å². The lowest BCUT2D eigenvalue weighted by Crippen LogP contribution is -2.24. The van der Waals surface area contributed by atoms with Crippen molar-refractivity contribution in [3.63, 3.8) is 0 Å². The molecule has 0 radical (unpaired) electrons. The van der Waals surface area contributed by atoms with Crippen molar-refractivity contribution in [2.45, 2.75) is 6.42 Å². The van der Waals surface area contributed by atoms with E-state index >= 15 is 0 Å². The van der Waals surface area contributed by atoms with E-state index in [9.17, 15) is 9.59 Å². The van der Waals surface area contributed by atoms with Crippen LogP contribution in [-0.4, -0.2) is 22.1 Å². The summed E-state index contributed by atoms with van der Waals surface area (Å²) in [6.07, 6.45) is -0.126. The van der Waals surface area contributed by atoms with E-state index in [0.29, 0.717) is 17.0 Å². The summed E-state index contributed by atoms with van der Waals surface area (Å²) < 4.78 is 6.46. The van der Waals surface area contributed by atoms with Gasteiger partial charge >= 0.3 is 0 Å². The Morgan fingerprint density at radius 3 is 2.75 bits per heavy atom. The van der Waals surface area contributed by atoms with Gasteiger partial charge in [-0.05, 0) is 29.8 Å². The number of carbonyl (C=O) groups is 1. The lowest BCUT2D eigenvalue weighted by atomic mass is 10.1. The summed E-state index contributed by atoms with van der Waals surface area (Å²) in [5.41, 5.74) is 1.27. The summed E-state index contributed by atoms with van der Waals surface area (Å²) in [6.45, 7) is 0. The summed E-state index contributed by atoms with van der Waals surface area (Å²) in [7, 11) is 3.09. The van der Waals surface area contributed by atoms with Gasteiger partial charge in [-0.15, -0.1) is 0 Å². The largest absolute Gasteiger partial charge is 0.496 e. The number of methoxy groups -OCH3 is 1. The van der Waals surface area contributed by atoms with Gasteiger partial charge < -0.3 is 4.74 Å². The molecular formula is C14H13ClN2O3. The maximum absolute atomic E-state index is 11.9. The van der Waals surface area contributed by atoms with Gasteiger partial charge in [0.25, 0.3) is 5.56 Å². The fraction of sp³-hybridized carbons (Fsp3) is 0.214. The number of carbonyl (C=O) groups excluding carboxylic acids is 1. The molecule has 0 atom stereocenters. The quantitative estimate of drug-likeness (QED) is 0.806. The molecule has 0 N–H and O–H groups in total. The number of hydrogen-bond acceptors (Lipinski definition) is 4. The predicted molar refractivity (Wildman–Crippen MR) is 76.0 cm³/mol. The molecule has 5 nitrogen and oxygen atoms in total. The standard InChI is InChI=1S/C14H13ClN2O3/c1-17-14(19)9(8-13(15)18)7-11(16-17)10-5-3-4-6-12(10)20-2/h3-7H,8H2,1-2H3. The molecule has 0 saturated heterocycles. The Kier molecular flexibility index (Phi) is 4.20. The van der Waals surface area contributed by atoms with Gasteiger partial charge in [-0.3, -0.25) is 9.59 Å². The summed E-state index contributed by atoms with van der Waals surface area (Å²) in [4.78, 5) is 22.9. The number of rotatable bonds is 4. The second kappa shape index (κ2) is 5.88. The third-order valence-corrected chi connectivity index (χ3v) is 2.98. The highest BCUT2D eigenvalue weighted by atomic mass is 35.5. The average molecular weight is 293 g/mol. The molecule has 20 heavy (non-hydrogen) atoms. The van der Waals surface area contributed by atoms with Crippen molar-refractivity contribution in [1.29, 1.82) is 0 Å². The van der Waals surface area contributed by atoms with E-state index in [1.54, 1.807) is 19.2 Å². The molecule has 0 fully saturated rings. The van der Waals surface area contributed by atoms with E-state index in [1.165, 1.54) is 11.7 Å². The number of aromatic nitrogens is 2. The second-order valence-electron chi connectivity index (χ2n) is 4.22. The number of benzene rings is 1. The van der Waals surface area contributed by atoms with Crippen LogP contribution in [0.25, 0.3) is 11.3 Å². The highest BCUT2D eigenvalue weighted by molar-refractivity contribution is 6.63. The van der Waals surface area contributed by atoms with Gasteiger partial charge in [-0.1, -0.05) is 12.1 Å². The van der Waals surface area contributed by atoms with Gasteiger partial charge in [-0.25, -0.2) is 4.68 Å². The SMILES string of the molecule is COc1ccccc1-c1cc(CC(=O)Cl)c(=O)n(C)n1. The Hall–Kier alpha value is -2.14. The maximum Gasteiger partial charge on any atom is 0.270 e. The van der Waals surface area contributed by atoms with Gasteiger partial charge in [-0.2, -0.15) is 5.10 Å². The monoisotopic (exact) mass is 292 g/mol. The molecular weight excluding hydrogens is 280 g/mol. The molecule has 2 rings (SSSR count). The Morgan fingerprint density at radius 2 is 2.10 bits per heavy atom. The van der Waals surface area contributed by atoms with E-state index < -0.39 is 5.24 Å². The molecule has 0 saturated carbocycles. The van der Waals surface area contributed by atoms with Crippen molar-refractivity contribution in [2.24, 2.45) is 7.05 Å².